The van der Waals surface area contributed by atoms with E-state index in [2.05, 4.69) is 31.2 Å². The van der Waals surface area contributed by atoms with E-state index in [-0.39, 0.29) is 12.5 Å². The van der Waals surface area contributed by atoms with Crippen LogP contribution >= 0.6 is 0 Å². The lowest BCUT2D eigenvalue weighted by atomic mass is 10.00. The molecule has 1 aromatic carbocycles. The van der Waals surface area contributed by atoms with Crippen molar-refractivity contribution in [3.63, 3.8) is 0 Å². The van der Waals surface area contributed by atoms with Crippen molar-refractivity contribution in [1.82, 2.24) is 0 Å². The summed E-state index contributed by atoms with van der Waals surface area (Å²) in [6.07, 6.45) is 0. The smallest absolute Gasteiger partial charge is 0.0556 e. The van der Waals surface area contributed by atoms with Crippen LogP contribution in [-0.2, 0) is 4.74 Å². The van der Waals surface area contributed by atoms with Crippen molar-refractivity contribution in [3.05, 3.63) is 35.4 Å². The second kappa shape index (κ2) is 5.78. The van der Waals surface area contributed by atoms with Gasteiger partial charge in [-0.05, 0) is 19.4 Å². The van der Waals surface area contributed by atoms with Crippen LogP contribution in [0.2, 0.25) is 0 Å². The zero-order valence-corrected chi connectivity index (χ0v) is 8.86. The Labute approximate surface area is 85.5 Å². The SMILES string of the molecule is CCOCC(CO)c1ccc(C)cc1. The Morgan fingerprint density at radius 2 is 1.93 bits per heavy atom. The number of hydrogen-bond acceptors (Lipinski definition) is 2. The molecule has 0 saturated heterocycles. The maximum Gasteiger partial charge on any atom is 0.0556 e. The average Bonchev–Trinajstić information content (AvgIpc) is 2.21. The van der Waals surface area contributed by atoms with E-state index in [1.54, 1.807) is 0 Å². The highest BCUT2D eigenvalue weighted by Gasteiger charge is 2.09. The van der Waals surface area contributed by atoms with Gasteiger partial charge in [0.25, 0.3) is 0 Å². The molecule has 1 atom stereocenters. The molecule has 0 amide bonds. The molecule has 0 aromatic heterocycles. The number of hydrogen-bond donors (Lipinski definition) is 1. The predicted octanol–water partition coefficient (Wildman–Crippen LogP) is 2.11. The van der Waals surface area contributed by atoms with Crippen LogP contribution in [0.3, 0.4) is 0 Å². The fourth-order valence-electron chi connectivity index (χ4n) is 1.35. The van der Waals surface area contributed by atoms with E-state index in [0.717, 1.165) is 5.56 Å². The molecule has 1 unspecified atom stereocenters. The Morgan fingerprint density at radius 1 is 1.29 bits per heavy atom. The van der Waals surface area contributed by atoms with Gasteiger partial charge in [0.05, 0.1) is 13.2 Å². The molecular formula is C12H18O2. The molecule has 0 radical (unpaired) electrons. The molecule has 1 aromatic rings. The molecule has 0 spiro atoms. The molecule has 0 bridgehead atoms. The van der Waals surface area contributed by atoms with Gasteiger partial charge in [0.15, 0.2) is 0 Å². The van der Waals surface area contributed by atoms with E-state index in [1.807, 2.05) is 6.92 Å². The molecular weight excluding hydrogens is 176 g/mol. The van der Waals surface area contributed by atoms with Gasteiger partial charge < -0.3 is 9.84 Å². The molecule has 0 heterocycles. The van der Waals surface area contributed by atoms with Crippen LogP contribution in [0.1, 0.15) is 24.0 Å². The van der Waals surface area contributed by atoms with E-state index in [1.165, 1.54) is 5.56 Å². The van der Waals surface area contributed by atoms with Crippen LogP contribution in [0.5, 0.6) is 0 Å². The molecule has 2 nitrogen and oxygen atoms in total. The first-order chi connectivity index (χ1) is 6.77. The standard InChI is InChI=1S/C12H18O2/c1-3-14-9-12(8-13)11-6-4-10(2)5-7-11/h4-7,12-13H,3,8-9H2,1-2H3. The lowest BCUT2D eigenvalue weighted by Gasteiger charge is -2.14. The molecule has 0 fully saturated rings. The maximum absolute atomic E-state index is 9.20. The van der Waals surface area contributed by atoms with Crippen molar-refractivity contribution >= 4 is 0 Å². The third-order valence-electron chi connectivity index (χ3n) is 2.29. The minimum absolute atomic E-state index is 0.107. The highest BCUT2D eigenvalue weighted by atomic mass is 16.5. The fourth-order valence-corrected chi connectivity index (χ4v) is 1.35. The highest BCUT2D eigenvalue weighted by Crippen LogP contribution is 2.16. The van der Waals surface area contributed by atoms with Gasteiger partial charge in [-0.3, -0.25) is 0 Å². The van der Waals surface area contributed by atoms with Gasteiger partial charge in [-0.15, -0.1) is 0 Å². The van der Waals surface area contributed by atoms with Crippen LogP contribution in [0.4, 0.5) is 0 Å². The largest absolute Gasteiger partial charge is 0.396 e. The Bertz CT molecular complexity index is 254. The minimum atomic E-state index is 0.107. The summed E-state index contributed by atoms with van der Waals surface area (Å²) in [5, 5.41) is 9.20. The molecule has 0 aliphatic rings. The van der Waals surface area contributed by atoms with Crippen LogP contribution in [0.25, 0.3) is 0 Å². The molecule has 0 aliphatic carbocycles. The first-order valence-corrected chi connectivity index (χ1v) is 5.03. The third-order valence-corrected chi connectivity index (χ3v) is 2.29. The lowest BCUT2D eigenvalue weighted by Crippen LogP contribution is -2.11. The number of aliphatic hydroxyl groups excluding tert-OH is 1. The Balaban J connectivity index is 2.64. The van der Waals surface area contributed by atoms with Crippen LogP contribution in [0, 0.1) is 6.92 Å². The second-order valence-corrected chi connectivity index (χ2v) is 3.45. The Hall–Kier alpha value is -0.860. The van der Waals surface area contributed by atoms with Gasteiger partial charge in [-0.1, -0.05) is 29.8 Å². The summed E-state index contributed by atoms with van der Waals surface area (Å²) in [7, 11) is 0. The molecule has 0 aliphatic heterocycles. The van der Waals surface area contributed by atoms with Crippen molar-refractivity contribution in [2.24, 2.45) is 0 Å². The van der Waals surface area contributed by atoms with E-state index in [0.29, 0.717) is 13.2 Å². The zero-order valence-electron chi connectivity index (χ0n) is 8.86. The molecule has 2 heteroatoms. The van der Waals surface area contributed by atoms with E-state index in [4.69, 9.17) is 4.74 Å². The lowest BCUT2D eigenvalue weighted by molar-refractivity contribution is 0.109. The third kappa shape index (κ3) is 3.13. The van der Waals surface area contributed by atoms with Gasteiger partial charge in [0.1, 0.15) is 0 Å². The van der Waals surface area contributed by atoms with Crippen molar-refractivity contribution in [2.75, 3.05) is 19.8 Å². The summed E-state index contributed by atoms with van der Waals surface area (Å²) in [4.78, 5) is 0. The van der Waals surface area contributed by atoms with Crippen LogP contribution in [0.15, 0.2) is 24.3 Å². The van der Waals surface area contributed by atoms with Crippen LogP contribution in [-0.4, -0.2) is 24.9 Å². The van der Waals surface area contributed by atoms with Crippen LogP contribution < -0.4 is 0 Å². The van der Waals surface area contributed by atoms with E-state index in [9.17, 15) is 5.11 Å². The number of aryl methyl sites for hydroxylation is 1. The summed E-state index contributed by atoms with van der Waals surface area (Å²) < 4.78 is 5.31. The molecule has 0 saturated carbocycles. The molecule has 1 N–H and O–H groups in total. The van der Waals surface area contributed by atoms with E-state index >= 15 is 0 Å². The number of aliphatic hydroxyl groups is 1. The maximum atomic E-state index is 9.20. The number of rotatable bonds is 5. The second-order valence-electron chi connectivity index (χ2n) is 3.45. The molecule has 78 valence electrons. The monoisotopic (exact) mass is 194 g/mol. The first kappa shape index (κ1) is 11.2. The van der Waals surface area contributed by atoms with Crippen molar-refractivity contribution in [3.8, 4) is 0 Å². The van der Waals surface area contributed by atoms with Gasteiger partial charge in [-0.25, -0.2) is 0 Å². The summed E-state index contributed by atoms with van der Waals surface area (Å²) in [6, 6.07) is 8.22. The summed E-state index contributed by atoms with van der Waals surface area (Å²) in [6.45, 7) is 5.45. The van der Waals surface area contributed by atoms with Gasteiger partial charge in [-0.2, -0.15) is 0 Å². The van der Waals surface area contributed by atoms with Gasteiger partial charge in [0.2, 0.25) is 0 Å². The average molecular weight is 194 g/mol. The summed E-state index contributed by atoms with van der Waals surface area (Å²) in [5.41, 5.74) is 2.38. The number of ether oxygens (including phenoxy) is 1. The van der Waals surface area contributed by atoms with Crippen molar-refractivity contribution in [2.45, 2.75) is 19.8 Å². The first-order valence-electron chi connectivity index (χ1n) is 5.03. The minimum Gasteiger partial charge on any atom is -0.396 e. The van der Waals surface area contributed by atoms with Gasteiger partial charge in [0, 0.05) is 12.5 Å². The zero-order chi connectivity index (χ0) is 10.4. The van der Waals surface area contributed by atoms with E-state index < -0.39 is 0 Å². The topological polar surface area (TPSA) is 29.5 Å². The van der Waals surface area contributed by atoms with Crippen molar-refractivity contribution in [1.29, 1.82) is 0 Å². The quantitative estimate of drug-likeness (QED) is 0.778. The fraction of sp³-hybridized carbons (Fsp3) is 0.500. The Kier molecular flexibility index (Phi) is 4.63. The Morgan fingerprint density at radius 3 is 2.43 bits per heavy atom. The van der Waals surface area contributed by atoms with Crippen molar-refractivity contribution < 1.29 is 9.84 Å². The molecule has 14 heavy (non-hydrogen) atoms. The highest BCUT2D eigenvalue weighted by molar-refractivity contribution is 5.24. The molecule has 1 rings (SSSR count). The predicted molar refractivity (Wildman–Crippen MR) is 57.5 cm³/mol. The summed E-state index contributed by atoms with van der Waals surface area (Å²) in [5.74, 6) is 0.107. The van der Waals surface area contributed by atoms with Gasteiger partial charge >= 0.3 is 0 Å². The normalized spacial score (nSPS) is 12.8. The number of benzene rings is 1. The summed E-state index contributed by atoms with van der Waals surface area (Å²) >= 11 is 0.